The summed E-state index contributed by atoms with van der Waals surface area (Å²) in [5, 5.41) is 19.0. The Hall–Kier alpha value is -2.66. The molecule has 0 atom stereocenters. The molecule has 2 N–H and O–H groups in total. The molecule has 2 aromatic carbocycles. The van der Waals surface area contributed by atoms with Crippen molar-refractivity contribution < 1.29 is 19.4 Å². The van der Waals surface area contributed by atoms with Gasteiger partial charge in [-0.3, -0.25) is 4.79 Å². The Labute approximate surface area is 123 Å². The van der Waals surface area contributed by atoms with Crippen molar-refractivity contribution in [3.8, 4) is 23.2 Å². The Bertz CT molecular complexity index is 871. The maximum Gasteiger partial charge on any atom is 0.294 e. The first-order chi connectivity index (χ1) is 10.1. The fraction of sp³-hybridized carbons (Fsp3) is 0. The van der Waals surface area contributed by atoms with E-state index in [2.05, 4.69) is 0 Å². The molecule has 0 saturated heterocycles. The summed E-state index contributed by atoms with van der Waals surface area (Å²) in [7, 11) is 0. The molecule has 0 aliphatic carbocycles. The maximum absolute atomic E-state index is 12.0. The first-order valence-corrected chi connectivity index (χ1v) is 6.35. The van der Waals surface area contributed by atoms with E-state index in [0.717, 1.165) is 12.1 Å². The third-order valence-electron chi connectivity index (χ3n) is 2.84. The van der Waals surface area contributed by atoms with Crippen LogP contribution in [0.15, 0.2) is 51.7 Å². The molecule has 1 aromatic heterocycles. The molecular formula is C15H9ClO5. The maximum atomic E-state index is 12.0. The molecule has 3 rings (SSSR count). The van der Waals surface area contributed by atoms with Gasteiger partial charge in [0.05, 0.1) is 6.07 Å². The molecule has 0 saturated carbocycles. The molecule has 106 valence electrons. The number of aromatic hydroxyl groups is 2. The van der Waals surface area contributed by atoms with E-state index in [0.29, 0.717) is 5.75 Å². The number of para-hydroxylation sites is 1. The average molecular weight is 305 g/mol. The van der Waals surface area contributed by atoms with Crippen LogP contribution in [0.4, 0.5) is 0 Å². The van der Waals surface area contributed by atoms with E-state index < -0.39 is 11.2 Å². The molecule has 0 fully saturated rings. The molecule has 0 aliphatic heterocycles. The molecule has 0 spiro atoms. The van der Waals surface area contributed by atoms with Crippen LogP contribution in [0.25, 0.3) is 11.0 Å². The lowest BCUT2D eigenvalue weighted by Gasteiger charge is -2.07. The molecule has 0 amide bonds. The summed E-state index contributed by atoms with van der Waals surface area (Å²) in [6.45, 7) is 0. The van der Waals surface area contributed by atoms with Crippen molar-refractivity contribution in [3.63, 3.8) is 0 Å². The highest BCUT2D eigenvalue weighted by Gasteiger charge is 2.17. The second kappa shape index (κ2) is 5.03. The molecular weight excluding hydrogens is 296 g/mol. The van der Waals surface area contributed by atoms with E-state index >= 15 is 0 Å². The zero-order valence-corrected chi connectivity index (χ0v) is 11.3. The number of phenolic OH excluding ortho intramolecular Hbond substituents is 2. The van der Waals surface area contributed by atoms with E-state index in [1.165, 1.54) is 0 Å². The summed E-state index contributed by atoms with van der Waals surface area (Å²) >= 11 is 5.90. The number of phenols is 2. The van der Waals surface area contributed by atoms with Gasteiger partial charge in [0.1, 0.15) is 27.7 Å². The minimum absolute atomic E-state index is 0.0920. The Morgan fingerprint density at radius 1 is 1.05 bits per heavy atom. The summed E-state index contributed by atoms with van der Waals surface area (Å²) in [5.41, 5.74) is -0.658. The largest absolute Gasteiger partial charge is 0.507 e. The van der Waals surface area contributed by atoms with Crippen LogP contribution < -0.4 is 10.2 Å². The molecule has 0 bridgehead atoms. The monoisotopic (exact) mass is 304 g/mol. The van der Waals surface area contributed by atoms with Crippen molar-refractivity contribution in [2.75, 3.05) is 0 Å². The van der Waals surface area contributed by atoms with Crippen molar-refractivity contribution in [3.05, 3.63) is 57.7 Å². The number of hydrogen-bond donors (Lipinski definition) is 2. The minimum atomic E-state index is -0.526. The van der Waals surface area contributed by atoms with Gasteiger partial charge in [-0.25, -0.2) is 0 Å². The fourth-order valence-corrected chi connectivity index (χ4v) is 2.09. The first-order valence-electron chi connectivity index (χ1n) is 5.97. The Balaban J connectivity index is 2.19. The highest BCUT2D eigenvalue weighted by Crippen LogP contribution is 2.38. The van der Waals surface area contributed by atoms with E-state index in [1.54, 1.807) is 24.3 Å². The molecule has 0 unspecified atom stereocenters. The predicted octanol–water partition coefficient (Wildman–Crippen LogP) is 3.65. The van der Waals surface area contributed by atoms with Crippen molar-refractivity contribution in [1.29, 1.82) is 0 Å². The second-order valence-electron chi connectivity index (χ2n) is 4.28. The molecule has 5 nitrogen and oxygen atoms in total. The third kappa shape index (κ3) is 2.39. The van der Waals surface area contributed by atoms with Gasteiger partial charge in [0, 0.05) is 6.07 Å². The summed E-state index contributed by atoms with van der Waals surface area (Å²) in [6, 6.07) is 10.8. The van der Waals surface area contributed by atoms with Gasteiger partial charge in [0.25, 0.3) is 5.95 Å². The zero-order valence-electron chi connectivity index (χ0n) is 10.5. The van der Waals surface area contributed by atoms with Crippen LogP contribution in [0.2, 0.25) is 5.02 Å². The lowest BCUT2D eigenvalue weighted by atomic mass is 10.2. The fourth-order valence-electron chi connectivity index (χ4n) is 1.91. The standard InChI is InChI=1S/C15H9ClO5/c16-14-11(19)6-9(17)13-10(18)7-12(21-15(13)14)20-8-4-2-1-3-5-8/h1-7,17,19H. The van der Waals surface area contributed by atoms with Crippen molar-refractivity contribution in [1.82, 2.24) is 0 Å². The van der Waals surface area contributed by atoms with E-state index in [1.807, 2.05) is 6.07 Å². The van der Waals surface area contributed by atoms with Crippen LogP contribution in [-0.2, 0) is 0 Å². The number of benzene rings is 2. The number of ether oxygens (including phenoxy) is 1. The average Bonchev–Trinajstić information content (AvgIpc) is 2.45. The van der Waals surface area contributed by atoms with Crippen molar-refractivity contribution in [2.24, 2.45) is 0 Å². The van der Waals surface area contributed by atoms with Crippen LogP contribution in [0.3, 0.4) is 0 Å². The van der Waals surface area contributed by atoms with Gasteiger partial charge in [0.15, 0.2) is 5.58 Å². The van der Waals surface area contributed by atoms with E-state index in [4.69, 9.17) is 20.8 Å². The highest BCUT2D eigenvalue weighted by molar-refractivity contribution is 6.36. The Morgan fingerprint density at radius 2 is 1.76 bits per heavy atom. The van der Waals surface area contributed by atoms with Crippen LogP contribution >= 0.6 is 11.6 Å². The topological polar surface area (TPSA) is 79.9 Å². The van der Waals surface area contributed by atoms with Gasteiger partial charge in [-0.1, -0.05) is 29.8 Å². The predicted molar refractivity (Wildman–Crippen MR) is 77.3 cm³/mol. The van der Waals surface area contributed by atoms with Crippen molar-refractivity contribution >= 4 is 22.6 Å². The number of rotatable bonds is 2. The molecule has 0 radical (unpaired) electrons. The van der Waals surface area contributed by atoms with Gasteiger partial charge in [-0.05, 0) is 12.1 Å². The summed E-state index contributed by atoms with van der Waals surface area (Å²) in [5.74, 6) is -0.417. The smallest absolute Gasteiger partial charge is 0.294 e. The third-order valence-corrected chi connectivity index (χ3v) is 3.21. The Kier molecular flexibility index (Phi) is 3.19. The lowest BCUT2D eigenvalue weighted by molar-refractivity contribution is 0.352. The first kappa shape index (κ1) is 13.3. The van der Waals surface area contributed by atoms with Gasteiger partial charge in [-0.15, -0.1) is 0 Å². The molecule has 6 heteroatoms. The van der Waals surface area contributed by atoms with E-state index in [9.17, 15) is 15.0 Å². The lowest BCUT2D eigenvalue weighted by Crippen LogP contribution is -2.01. The summed E-state index contributed by atoms with van der Waals surface area (Å²) in [6.07, 6.45) is 0. The van der Waals surface area contributed by atoms with Crippen LogP contribution in [0, 0.1) is 0 Å². The van der Waals surface area contributed by atoms with Crippen LogP contribution in [0.5, 0.6) is 23.2 Å². The number of hydrogen-bond acceptors (Lipinski definition) is 5. The highest BCUT2D eigenvalue weighted by atomic mass is 35.5. The van der Waals surface area contributed by atoms with Gasteiger partial charge < -0.3 is 19.4 Å². The summed E-state index contributed by atoms with van der Waals surface area (Å²) in [4.78, 5) is 12.0. The SMILES string of the molecule is O=c1cc(Oc2ccccc2)oc2c(Cl)c(O)cc(O)c12. The quantitative estimate of drug-likeness (QED) is 0.755. The Morgan fingerprint density at radius 3 is 2.48 bits per heavy atom. The van der Waals surface area contributed by atoms with Crippen LogP contribution in [0.1, 0.15) is 0 Å². The van der Waals surface area contributed by atoms with Crippen molar-refractivity contribution in [2.45, 2.75) is 0 Å². The molecule has 0 aliphatic rings. The number of halogens is 1. The molecule has 3 aromatic rings. The molecule has 1 heterocycles. The number of fused-ring (bicyclic) bond motifs is 1. The van der Waals surface area contributed by atoms with Gasteiger partial charge >= 0.3 is 0 Å². The van der Waals surface area contributed by atoms with Gasteiger partial charge in [-0.2, -0.15) is 0 Å². The van der Waals surface area contributed by atoms with Crippen LogP contribution in [-0.4, -0.2) is 10.2 Å². The second-order valence-corrected chi connectivity index (χ2v) is 4.66. The zero-order chi connectivity index (χ0) is 15.0. The minimum Gasteiger partial charge on any atom is -0.507 e. The van der Waals surface area contributed by atoms with E-state index in [-0.39, 0.29) is 27.7 Å². The normalized spacial score (nSPS) is 10.7. The van der Waals surface area contributed by atoms with Gasteiger partial charge in [0.2, 0.25) is 5.43 Å². The summed E-state index contributed by atoms with van der Waals surface area (Å²) < 4.78 is 10.8. The molecule has 21 heavy (non-hydrogen) atoms.